The van der Waals surface area contributed by atoms with E-state index in [9.17, 15) is 5.11 Å². The quantitative estimate of drug-likeness (QED) is 0.691. The lowest BCUT2D eigenvalue weighted by molar-refractivity contribution is 0.0532. The molecule has 16 heavy (non-hydrogen) atoms. The third-order valence-electron chi connectivity index (χ3n) is 2.30. The Morgan fingerprint density at radius 2 is 2.12 bits per heavy atom. The van der Waals surface area contributed by atoms with E-state index in [1.165, 1.54) is 0 Å². The first-order chi connectivity index (χ1) is 7.54. The van der Waals surface area contributed by atoms with Crippen LogP contribution in [0.25, 0.3) is 0 Å². The first kappa shape index (κ1) is 13.0. The van der Waals surface area contributed by atoms with Gasteiger partial charge in [0, 0.05) is 11.6 Å². The Balaban J connectivity index is 2.78. The van der Waals surface area contributed by atoms with E-state index in [0.717, 1.165) is 11.1 Å². The molecule has 1 rings (SSSR count). The molecule has 2 atom stereocenters. The van der Waals surface area contributed by atoms with Gasteiger partial charge in [0.25, 0.3) is 0 Å². The van der Waals surface area contributed by atoms with Crippen LogP contribution in [-0.2, 0) is 0 Å². The van der Waals surface area contributed by atoms with E-state index in [1.807, 2.05) is 32.0 Å². The van der Waals surface area contributed by atoms with E-state index >= 15 is 0 Å². The Kier molecular flexibility index (Phi) is 4.73. The highest BCUT2D eigenvalue weighted by molar-refractivity contribution is 5.38. The lowest BCUT2D eigenvalue weighted by atomic mass is 10.1. The highest BCUT2D eigenvalue weighted by Gasteiger charge is 2.10. The zero-order valence-corrected chi connectivity index (χ0v) is 9.68. The van der Waals surface area contributed by atoms with Crippen LogP contribution in [0.5, 0.6) is 5.75 Å². The lowest BCUT2D eigenvalue weighted by Gasteiger charge is -2.16. The molecule has 0 spiro atoms. The second-order valence-electron chi connectivity index (χ2n) is 3.98. The molecule has 0 aliphatic heterocycles. The maximum Gasteiger partial charge on any atom is 0.124 e. The summed E-state index contributed by atoms with van der Waals surface area (Å²) in [5.74, 6) is 0.660. The molecule has 4 nitrogen and oxygen atoms in total. The van der Waals surface area contributed by atoms with Crippen molar-refractivity contribution in [2.75, 3.05) is 13.2 Å². The Morgan fingerprint density at radius 3 is 2.69 bits per heavy atom. The van der Waals surface area contributed by atoms with E-state index in [-0.39, 0.29) is 19.3 Å². The van der Waals surface area contributed by atoms with Gasteiger partial charge in [0.15, 0.2) is 0 Å². The number of ether oxygens (including phenoxy) is 1. The van der Waals surface area contributed by atoms with Crippen LogP contribution in [0.2, 0.25) is 0 Å². The number of hydrogen-bond acceptors (Lipinski definition) is 4. The van der Waals surface area contributed by atoms with Crippen LogP contribution in [0.4, 0.5) is 0 Å². The molecule has 0 saturated heterocycles. The van der Waals surface area contributed by atoms with Crippen LogP contribution in [0.3, 0.4) is 0 Å². The summed E-state index contributed by atoms with van der Waals surface area (Å²) in [6.45, 7) is 3.63. The largest absolute Gasteiger partial charge is 0.490 e. The van der Waals surface area contributed by atoms with Crippen LogP contribution >= 0.6 is 0 Å². The number of benzene rings is 1. The number of aliphatic hydroxyl groups is 2. The molecule has 0 aliphatic carbocycles. The van der Waals surface area contributed by atoms with Crippen LogP contribution in [0, 0.1) is 6.92 Å². The fraction of sp³-hybridized carbons (Fsp3) is 0.500. The van der Waals surface area contributed by atoms with Gasteiger partial charge in [-0.2, -0.15) is 0 Å². The Hall–Kier alpha value is -1.10. The van der Waals surface area contributed by atoms with Crippen LogP contribution in [-0.4, -0.2) is 29.5 Å². The highest BCUT2D eigenvalue weighted by Crippen LogP contribution is 2.25. The van der Waals surface area contributed by atoms with Crippen molar-refractivity contribution in [1.82, 2.24) is 0 Å². The van der Waals surface area contributed by atoms with Crippen molar-refractivity contribution in [3.63, 3.8) is 0 Å². The van der Waals surface area contributed by atoms with Gasteiger partial charge in [0.1, 0.15) is 18.5 Å². The summed E-state index contributed by atoms with van der Waals surface area (Å²) in [4.78, 5) is 0. The van der Waals surface area contributed by atoms with Crippen molar-refractivity contribution >= 4 is 0 Å². The molecular formula is C12H19NO3. The van der Waals surface area contributed by atoms with Gasteiger partial charge in [-0.15, -0.1) is 0 Å². The molecule has 0 heterocycles. The van der Waals surface area contributed by atoms with Crippen LogP contribution < -0.4 is 10.5 Å². The molecule has 4 N–H and O–H groups in total. The number of hydrogen-bond donors (Lipinski definition) is 3. The van der Waals surface area contributed by atoms with E-state index in [0.29, 0.717) is 5.75 Å². The molecule has 90 valence electrons. The normalized spacial score (nSPS) is 14.6. The molecular weight excluding hydrogens is 206 g/mol. The highest BCUT2D eigenvalue weighted by atomic mass is 16.5. The first-order valence-electron chi connectivity index (χ1n) is 5.32. The minimum atomic E-state index is -0.859. The lowest BCUT2D eigenvalue weighted by Crippen LogP contribution is -2.22. The van der Waals surface area contributed by atoms with Gasteiger partial charge in [-0.1, -0.05) is 17.7 Å². The molecule has 0 aliphatic rings. The van der Waals surface area contributed by atoms with Crippen LogP contribution in [0.15, 0.2) is 18.2 Å². The fourth-order valence-corrected chi connectivity index (χ4v) is 1.39. The van der Waals surface area contributed by atoms with Gasteiger partial charge in [-0.3, -0.25) is 0 Å². The Labute approximate surface area is 95.7 Å². The molecule has 1 aromatic rings. The average molecular weight is 225 g/mol. The SMILES string of the molecule is Cc1ccc(OCC(O)CO)c(C(C)N)c1. The molecule has 0 bridgehead atoms. The van der Waals surface area contributed by atoms with Crippen molar-refractivity contribution in [1.29, 1.82) is 0 Å². The maximum absolute atomic E-state index is 9.20. The maximum atomic E-state index is 9.20. The topological polar surface area (TPSA) is 75.7 Å². The smallest absolute Gasteiger partial charge is 0.124 e. The van der Waals surface area contributed by atoms with Gasteiger partial charge < -0.3 is 20.7 Å². The van der Waals surface area contributed by atoms with Gasteiger partial charge >= 0.3 is 0 Å². The second kappa shape index (κ2) is 5.84. The monoisotopic (exact) mass is 225 g/mol. The van der Waals surface area contributed by atoms with E-state index in [1.54, 1.807) is 0 Å². The van der Waals surface area contributed by atoms with Crippen molar-refractivity contribution in [3.8, 4) is 5.75 Å². The summed E-state index contributed by atoms with van der Waals surface area (Å²) in [6, 6.07) is 5.59. The third kappa shape index (κ3) is 3.48. The predicted octanol–water partition coefficient (Wildman–Crippen LogP) is 0.747. The number of rotatable bonds is 5. The van der Waals surface area contributed by atoms with E-state index in [4.69, 9.17) is 15.6 Å². The molecule has 0 amide bonds. The molecule has 4 heteroatoms. The summed E-state index contributed by atoms with van der Waals surface area (Å²) < 4.78 is 5.42. The Morgan fingerprint density at radius 1 is 1.44 bits per heavy atom. The summed E-state index contributed by atoms with van der Waals surface area (Å²) >= 11 is 0. The average Bonchev–Trinajstić information content (AvgIpc) is 2.26. The number of nitrogens with two attached hydrogens (primary N) is 1. The van der Waals surface area contributed by atoms with E-state index in [2.05, 4.69) is 0 Å². The molecule has 0 saturated carbocycles. The first-order valence-corrected chi connectivity index (χ1v) is 5.32. The van der Waals surface area contributed by atoms with Gasteiger partial charge in [-0.05, 0) is 19.9 Å². The van der Waals surface area contributed by atoms with Crippen molar-refractivity contribution in [3.05, 3.63) is 29.3 Å². The number of aliphatic hydroxyl groups excluding tert-OH is 2. The fourth-order valence-electron chi connectivity index (χ4n) is 1.39. The molecule has 2 unspecified atom stereocenters. The zero-order chi connectivity index (χ0) is 12.1. The standard InChI is InChI=1S/C12H19NO3/c1-8-3-4-12(11(5-8)9(2)13)16-7-10(15)6-14/h3-5,9-10,14-15H,6-7,13H2,1-2H3. The summed E-state index contributed by atoms with van der Waals surface area (Å²) in [5, 5.41) is 17.9. The van der Waals surface area contributed by atoms with Gasteiger partial charge in [-0.25, -0.2) is 0 Å². The van der Waals surface area contributed by atoms with Gasteiger partial charge in [0.05, 0.1) is 6.61 Å². The van der Waals surface area contributed by atoms with Crippen molar-refractivity contribution < 1.29 is 14.9 Å². The van der Waals surface area contributed by atoms with E-state index < -0.39 is 6.10 Å². The Bertz CT molecular complexity index is 339. The number of aryl methyl sites for hydroxylation is 1. The van der Waals surface area contributed by atoms with Crippen molar-refractivity contribution in [2.45, 2.75) is 26.0 Å². The minimum absolute atomic E-state index is 0.0687. The molecule has 1 aromatic carbocycles. The molecule has 0 radical (unpaired) electrons. The molecule has 0 aromatic heterocycles. The predicted molar refractivity (Wildman–Crippen MR) is 62.4 cm³/mol. The van der Waals surface area contributed by atoms with Crippen LogP contribution in [0.1, 0.15) is 24.1 Å². The zero-order valence-electron chi connectivity index (χ0n) is 9.68. The summed E-state index contributed by atoms with van der Waals surface area (Å²) in [6.07, 6.45) is -0.859. The molecule has 0 fully saturated rings. The third-order valence-corrected chi connectivity index (χ3v) is 2.30. The minimum Gasteiger partial charge on any atom is -0.490 e. The summed E-state index contributed by atoms with van der Waals surface area (Å²) in [5.41, 5.74) is 7.85. The van der Waals surface area contributed by atoms with Crippen molar-refractivity contribution in [2.24, 2.45) is 5.73 Å². The second-order valence-corrected chi connectivity index (χ2v) is 3.98. The van der Waals surface area contributed by atoms with Gasteiger partial charge in [0.2, 0.25) is 0 Å². The summed E-state index contributed by atoms with van der Waals surface area (Å²) in [7, 11) is 0.